The smallest absolute Gasteiger partial charge is 0.243 e. The van der Waals surface area contributed by atoms with E-state index >= 15 is 0 Å². The van der Waals surface area contributed by atoms with Crippen molar-refractivity contribution in [1.29, 1.82) is 0 Å². The molecule has 0 spiro atoms. The second-order valence-corrected chi connectivity index (χ2v) is 10.5. The number of benzene rings is 2. The van der Waals surface area contributed by atoms with E-state index in [1.807, 2.05) is 6.07 Å². The van der Waals surface area contributed by atoms with Gasteiger partial charge in [0.05, 0.1) is 6.04 Å². The minimum atomic E-state index is -1.09. The number of unbranched alkanes of at least 4 members (excludes halogenated alkanes) is 1. The van der Waals surface area contributed by atoms with Crippen LogP contribution in [0.1, 0.15) is 43.2 Å². The third-order valence-electron chi connectivity index (χ3n) is 6.83. The van der Waals surface area contributed by atoms with Crippen molar-refractivity contribution in [3.05, 3.63) is 65.7 Å². The predicted molar refractivity (Wildman–Crippen MR) is 168 cm³/mol. The van der Waals surface area contributed by atoms with E-state index < -0.39 is 47.8 Å². The maximum Gasteiger partial charge on any atom is 0.243 e. The summed E-state index contributed by atoms with van der Waals surface area (Å²) >= 11 is 0. The minimum absolute atomic E-state index is 0.0797. The van der Waals surface area contributed by atoms with Crippen LogP contribution in [0.3, 0.4) is 0 Å². The maximum atomic E-state index is 13.6. The molecule has 4 atom stereocenters. The van der Waals surface area contributed by atoms with E-state index in [2.05, 4.69) is 20.9 Å². The zero-order valence-electron chi connectivity index (χ0n) is 24.8. The van der Waals surface area contributed by atoms with Gasteiger partial charge < -0.3 is 49.7 Å². The first-order valence-corrected chi connectivity index (χ1v) is 14.5. The summed E-state index contributed by atoms with van der Waals surface area (Å²) in [6.07, 6.45) is 2.28. The van der Waals surface area contributed by atoms with Gasteiger partial charge in [0.1, 0.15) is 23.9 Å². The van der Waals surface area contributed by atoms with Crippen LogP contribution in [0.5, 0.6) is 5.75 Å². The van der Waals surface area contributed by atoms with Crippen molar-refractivity contribution in [2.24, 2.45) is 33.7 Å². The molecule has 0 radical (unpaired) electrons. The maximum absolute atomic E-state index is 13.6. The zero-order valence-corrected chi connectivity index (χ0v) is 24.8. The summed E-state index contributed by atoms with van der Waals surface area (Å²) in [6, 6.07) is 11.2. The van der Waals surface area contributed by atoms with Crippen LogP contribution in [0.4, 0.5) is 0 Å². The number of nitrogens with one attached hydrogen (secondary N) is 3. The topological polar surface area (TPSA) is 267 Å². The molecule has 0 aliphatic rings. The summed E-state index contributed by atoms with van der Waals surface area (Å²) in [7, 11) is 0. The number of primary amides is 1. The highest BCUT2D eigenvalue weighted by molar-refractivity contribution is 5.94. The molecule has 4 amide bonds. The third-order valence-corrected chi connectivity index (χ3v) is 6.83. The van der Waals surface area contributed by atoms with E-state index in [0.717, 1.165) is 5.56 Å². The van der Waals surface area contributed by atoms with E-state index in [0.29, 0.717) is 37.8 Å². The fourth-order valence-electron chi connectivity index (χ4n) is 4.41. The summed E-state index contributed by atoms with van der Waals surface area (Å²) in [5.41, 5.74) is 29.5. The molecule has 0 saturated carbocycles. The fourth-order valence-corrected chi connectivity index (χ4v) is 4.41. The Kier molecular flexibility index (Phi) is 15.1. The molecule has 0 saturated heterocycles. The number of carbonyl (C=O) groups is 4. The van der Waals surface area contributed by atoms with Crippen LogP contribution in [0.2, 0.25) is 0 Å². The van der Waals surface area contributed by atoms with Gasteiger partial charge in [-0.25, -0.2) is 0 Å². The molecule has 2 aromatic carbocycles. The molecule has 0 heterocycles. The van der Waals surface area contributed by atoms with Gasteiger partial charge in [0, 0.05) is 13.0 Å². The molecule has 0 bridgehead atoms. The molecule has 0 fully saturated rings. The molecule has 44 heavy (non-hydrogen) atoms. The molecular weight excluding hydrogens is 566 g/mol. The van der Waals surface area contributed by atoms with Crippen LogP contribution in [0, 0.1) is 0 Å². The second kappa shape index (κ2) is 18.8. The van der Waals surface area contributed by atoms with Gasteiger partial charge in [-0.1, -0.05) is 42.5 Å². The summed E-state index contributed by atoms with van der Waals surface area (Å²) < 4.78 is 0. The standard InChI is InChI=1S/C30H45N9O5/c31-15-5-4-9-23(26(33)41)37-29(44)25(18-19-7-2-1-3-8-19)39-28(43)24(10-6-16-36-30(34)35)38-27(42)22(32)17-20-11-13-21(40)14-12-20/h1-3,7-8,11-14,22-25,40H,4-6,9-10,15-18,31-32H2,(H2,33,41)(H,37,44)(H,38,42)(H,39,43)(H4,34,35,36). The number of hydrogen-bond donors (Lipinski definition) is 9. The van der Waals surface area contributed by atoms with Crippen molar-refractivity contribution in [2.75, 3.05) is 13.1 Å². The Balaban J connectivity index is 2.23. The number of nitrogens with two attached hydrogens (primary N) is 5. The number of phenols is 1. The first-order valence-electron chi connectivity index (χ1n) is 14.5. The van der Waals surface area contributed by atoms with Gasteiger partial charge in [0.15, 0.2) is 5.96 Å². The molecule has 0 aromatic heterocycles. The van der Waals surface area contributed by atoms with E-state index in [9.17, 15) is 24.3 Å². The molecule has 0 aliphatic heterocycles. The number of aromatic hydroxyl groups is 1. The number of aliphatic imine (C=N–C) groups is 1. The molecule has 240 valence electrons. The van der Waals surface area contributed by atoms with Gasteiger partial charge >= 0.3 is 0 Å². The van der Waals surface area contributed by atoms with Crippen molar-refractivity contribution >= 4 is 29.6 Å². The summed E-state index contributed by atoms with van der Waals surface area (Å²) in [4.78, 5) is 56.0. The Morgan fingerprint density at radius 2 is 1.27 bits per heavy atom. The minimum Gasteiger partial charge on any atom is -0.508 e. The quantitative estimate of drug-likeness (QED) is 0.0514. The summed E-state index contributed by atoms with van der Waals surface area (Å²) in [5, 5.41) is 17.6. The van der Waals surface area contributed by atoms with Crippen LogP contribution < -0.4 is 44.6 Å². The molecule has 14 nitrogen and oxygen atoms in total. The molecule has 14 N–H and O–H groups in total. The van der Waals surface area contributed by atoms with Gasteiger partial charge in [-0.05, 0) is 68.3 Å². The Bertz CT molecular complexity index is 1240. The van der Waals surface area contributed by atoms with Crippen LogP contribution in [0.15, 0.2) is 59.6 Å². The predicted octanol–water partition coefficient (Wildman–Crippen LogP) is -1.37. The fraction of sp³-hybridized carbons (Fsp3) is 0.433. The Labute approximate surface area is 257 Å². The largest absolute Gasteiger partial charge is 0.508 e. The van der Waals surface area contributed by atoms with Crippen LogP contribution >= 0.6 is 0 Å². The zero-order chi connectivity index (χ0) is 32.5. The number of rotatable bonds is 19. The number of amides is 4. The van der Waals surface area contributed by atoms with E-state index in [1.165, 1.54) is 12.1 Å². The molecular formula is C30H45N9O5. The third kappa shape index (κ3) is 13.1. The first-order chi connectivity index (χ1) is 21.0. The van der Waals surface area contributed by atoms with Gasteiger partial charge in [0.25, 0.3) is 0 Å². The highest BCUT2D eigenvalue weighted by Crippen LogP contribution is 2.12. The Morgan fingerprint density at radius 3 is 1.89 bits per heavy atom. The average molecular weight is 612 g/mol. The number of nitrogens with zero attached hydrogens (tertiary/aromatic N) is 1. The second-order valence-electron chi connectivity index (χ2n) is 10.5. The molecule has 2 rings (SSSR count). The van der Waals surface area contributed by atoms with Gasteiger partial charge in [0.2, 0.25) is 23.6 Å². The first kappa shape index (κ1) is 35.5. The van der Waals surface area contributed by atoms with Crippen molar-refractivity contribution < 1.29 is 24.3 Å². The number of hydrogen-bond acceptors (Lipinski definition) is 8. The van der Waals surface area contributed by atoms with Crippen molar-refractivity contribution in [3.8, 4) is 5.75 Å². The summed E-state index contributed by atoms with van der Waals surface area (Å²) in [5.74, 6) is -2.55. The molecule has 2 aromatic rings. The summed E-state index contributed by atoms with van der Waals surface area (Å²) in [6.45, 7) is 0.638. The van der Waals surface area contributed by atoms with Crippen molar-refractivity contribution in [2.45, 2.75) is 69.1 Å². The van der Waals surface area contributed by atoms with E-state index in [1.54, 1.807) is 36.4 Å². The van der Waals surface area contributed by atoms with E-state index in [4.69, 9.17) is 28.7 Å². The number of carbonyl (C=O) groups excluding carboxylic acids is 4. The van der Waals surface area contributed by atoms with Gasteiger partial charge in [-0.3, -0.25) is 24.2 Å². The lowest BCUT2D eigenvalue weighted by Gasteiger charge is -2.25. The monoisotopic (exact) mass is 611 g/mol. The lowest BCUT2D eigenvalue weighted by Crippen LogP contribution is -2.58. The normalized spacial score (nSPS) is 13.5. The Morgan fingerprint density at radius 1 is 0.705 bits per heavy atom. The lowest BCUT2D eigenvalue weighted by atomic mass is 10.0. The van der Waals surface area contributed by atoms with Crippen molar-refractivity contribution in [1.82, 2.24) is 16.0 Å². The van der Waals surface area contributed by atoms with Crippen LogP contribution in [-0.4, -0.2) is 72.0 Å². The van der Waals surface area contributed by atoms with Gasteiger partial charge in [-0.15, -0.1) is 0 Å². The lowest BCUT2D eigenvalue weighted by molar-refractivity contribution is -0.133. The van der Waals surface area contributed by atoms with Gasteiger partial charge in [-0.2, -0.15) is 0 Å². The van der Waals surface area contributed by atoms with Crippen molar-refractivity contribution in [3.63, 3.8) is 0 Å². The Hall–Kier alpha value is -4.69. The molecule has 14 heteroatoms. The van der Waals surface area contributed by atoms with Crippen LogP contribution in [-0.2, 0) is 32.0 Å². The highest BCUT2D eigenvalue weighted by atomic mass is 16.3. The van der Waals surface area contributed by atoms with E-state index in [-0.39, 0.29) is 37.5 Å². The molecule has 0 aliphatic carbocycles. The highest BCUT2D eigenvalue weighted by Gasteiger charge is 2.30. The SMILES string of the molecule is NCCCCC(NC(=O)C(Cc1ccccc1)NC(=O)C(CCCN=C(N)N)NC(=O)C(N)Cc1ccc(O)cc1)C(N)=O. The number of phenolic OH excluding ortho intramolecular Hbond substituents is 1. The number of guanidine groups is 1. The van der Waals surface area contributed by atoms with Crippen LogP contribution in [0.25, 0.3) is 0 Å². The average Bonchev–Trinajstić information content (AvgIpc) is 2.99. The molecule has 4 unspecified atom stereocenters.